The minimum Gasteiger partial charge on any atom is -0.483 e. The number of aromatic nitrogens is 2. The van der Waals surface area contributed by atoms with Crippen LogP contribution >= 0.6 is 0 Å². The van der Waals surface area contributed by atoms with Crippen LogP contribution in [0.1, 0.15) is 31.1 Å². The summed E-state index contributed by atoms with van der Waals surface area (Å²) >= 11 is 0. The maximum atomic E-state index is 12.6. The lowest BCUT2D eigenvalue weighted by molar-refractivity contribution is -0.156. The molecule has 27 heavy (non-hydrogen) atoms. The molecule has 1 saturated heterocycles. The van der Waals surface area contributed by atoms with Crippen LogP contribution in [0.2, 0.25) is 0 Å². The van der Waals surface area contributed by atoms with Crippen LogP contribution in [0.5, 0.6) is 0 Å². The van der Waals surface area contributed by atoms with Gasteiger partial charge in [0.2, 0.25) is 17.7 Å². The Hall–Kier alpha value is -3.23. The zero-order chi connectivity index (χ0) is 19.8. The number of amides is 2. The molecule has 2 aromatic rings. The normalized spacial score (nSPS) is 16.7. The number of piperazine rings is 1. The first-order valence-electron chi connectivity index (χ1n) is 8.51. The fourth-order valence-corrected chi connectivity index (χ4v) is 2.75. The lowest BCUT2D eigenvalue weighted by atomic mass is 10.1. The molecule has 1 aliphatic rings. The van der Waals surface area contributed by atoms with Gasteiger partial charge in [0.05, 0.1) is 0 Å². The van der Waals surface area contributed by atoms with Crippen molar-refractivity contribution >= 4 is 18.3 Å². The Bertz CT molecular complexity index is 777. The van der Waals surface area contributed by atoms with E-state index in [1.165, 1.54) is 4.90 Å². The highest BCUT2D eigenvalue weighted by molar-refractivity contribution is 5.94. The van der Waals surface area contributed by atoms with E-state index >= 15 is 0 Å². The molecule has 0 bridgehead atoms. The van der Waals surface area contributed by atoms with Gasteiger partial charge in [-0.25, -0.2) is 0 Å². The number of nitrogens with zero attached hydrogens (tertiary/aromatic N) is 4. The highest BCUT2D eigenvalue weighted by Crippen LogP contribution is 2.18. The molecule has 9 nitrogen and oxygen atoms in total. The summed E-state index contributed by atoms with van der Waals surface area (Å²) in [5.41, 5.74) is 1.00. The summed E-state index contributed by atoms with van der Waals surface area (Å²) in [5, 5.41) is 10.7. The number of aryl methyl sites for hydroxylation is 1. The number of hydrogen-bond acceptors (Lipinski definition) is 6. The Morgan fingerprint density at radius 2 is 1.93 bits per heavy atom. The van der Waals surface area contributed by atoms with Crippen molar-refractivity contribution in [2.45, 2.75) is 39.4 Å². The Morgan fingerprint density at radius 1 is 1.26 bits per heavy atom. The van der Waals surface area contributed by atoms with E-state index in [1.807, 2.05) is 37.3 Å². The van der Waals surface area contributed by atoms with E-state index in [1.54, 1.807) is 11.8 Å². The summed E-state index contributed by atoms with van der Waals surface area (Å²) in [7, 11) is 0. The summed E-state index contributed by atoms with van der Waals surface area (Å²) in [6.45, 7) is 4.07. The quantitative estimate of drug-likeness (QED) is 0.779. The van der Waals surface area contributed by atoms with E-state index in [4.69, 9.17) is 14.4 Å². The van der Waals surface area contributed by atoms with Crippen molar-refractivity contribution in [1.82, 2.24) is 19.9 Å². The first kappa shape index (κ1) is 20.1. The van der Waals surface area contributed by atoms with Crippen LogP contribution in [-0.2, 0) is 33.9 Å². The molecule has 2 heterocycles. The fraction of sp³-hybridized carbons (Fsp3) is 0.389. The van der Waals surface area contributed by atoms with Crippen molar-refractivity contribution in [2.75, 3.05) is 6.54 Å². The molecule has 0 aliphatic carbocycles. The van der Waals surface area contributed by atoms with Crippen molar-refractivity contribution in [3.63, 3.8) is 0 Å². The standard InChI is InChI=1S/C17H20N4O3.CH2O2/c1-3-14-18-15(24-19-14)10-21-12(2)17(23)20(11-16(21)22)9-13-7-5-4-6-8-13;2-1-3/h4-8,12H,3,9-11H2,1-2H3;1H,(H,2,3)/t12-;/m0./s1. The predicted octanol–water partition coefficient (Wildman–Crippen LogP) is 1.09. The van der Waals surface area contributed by atoms with E-state index in [-0.39, 0.29) is 31.4 Å². The first-order valence-corrected chi connectivity index (χ1v) is 8.51. The molecule has 0 unspecified atom stereocenters. The van der Waals surface area contributed by atoms with Gasteiger partial charge in [0.15, 0.2) is 5.82 Å². The molecule has 2 amide bonds. The second-order valence-corrected chi connectivity index (χ2v) is 5.94. The molecular weight excluding hydrogens is 352 g/mol. The Morgan fingerprint density at radius 3 is 2.52 bits per heavy atom. The van der Waals surface area contributed by atoms with E-state index in [2.05, 4.69) is 10.1 Å². The molecule has 0 spiro atoms. The smallest absolute Gasteiger partial charge is 0.290 e. The first-order chi connectivity index (χ1) is 13.0. The third-order valence-corrected chi connectivity index (χ3v) is 4.13. The maximum absolute atomic E-state index is 12.6. The molecule has 1 atom stereocenters. The van der Waals surface area contributed by atoms with E-state index < -0.39 is 6.04 Å². The lowest BCUT2D eigenvalue weighted by Crippen LogP contribution is -2.58. The predicted molar refractivity (Wildman–Crippen MR) is 94.2 cm³/mol. The number of benzene rings is 1. The third kappa shape index (κ3) is 5.13. The summed E-state index contributed by atoms with van der Waals surface area (Å²) in [4.78, 5) is 40.7. The van der Waals surface area contributed by atoms with Crippen molar-refractivity contribution in [1.29, 1.82) is 0 Å². The van der Waals surface area contributed by atoms with Crippen LogP contribution in [0.25, 0.3) is 0 Å². The van der Waals surface area contributed by atoms with E-state index in [0.29, 0.717) is 24.7 Å². The minimum absolute atomic E-state index is 0.0623. The van der Waals surface area contributed by atoms with Gasteiger partial charge in [-0.2, -0.15) is 4.98 Å². The van der Waals surface area contributed by atoms with Gasteiger partial charge >= 0.3 is 0 Å². The van der Waals surface area contributed by atoms with Crippen LogP contribution in [0.15, 0.2) is 34.9 Å². The number of hydrogen-bond donors (Lipinski definition) is 1. The van der Waals surface area contributed by atoms with Crippen LogP contribution < -0.4 is 0 Å². The molecule has 0 saturated carbocycles. The molecule has 9 heteroatoms. The molecular formula is C18H22N4O5. The molecule has 0 radical (unpaired) electrons. The maximum Gasteiger partial charge on any atom is 0.290 e. The third-order valence-electron chi connectivity index (χ3n) is 4.13. The van der Waals surface area contributed by atoms with Gasteiger partial charge in [0, 0.05) is 13.0 Å². The number of carboxylic acid groups (broad SMARTS) is 1. The summed E-state index contributed by atoms with van der Waals surface area (Å²) in [5.74, 6) is 0.762. The number of carbonyl (C=O) groups is 3. The van der Waals surface area contributed by atoms with Crippen molar-refractivity contribution in [3.8, 4) is 0 Å². The second kappa shape index (κ2) is 9.46. The summed E-state index contributed by atoms with van der Waals surface area (Å²) < 4.78 is 5.13. The van der Waals surface area contributed by atoms with Gasteiger partial charge in [-0.15, -0.1) is 0 Å². The van der Waals surface area contributed by atoms with Gasteiger partial charge in [-0.3, -0.25) is 14.4 Å². The monoisotopic (exact) mass is 374 g/mol. The van der Waals surface area contributed by atoms with E-state index in [9.17, 15) is 9.59 Å². The molecule has 1 N–H and O–H groups in total. The van der Waals surface area contributed by atoms with Gasteiger partial charge in [-0.1, -0.05) is 42.4 Å². The number of carbonyl (C=O) groups excluding carboxylic acids is 2. The molecule has 1 aromatic heterocycles. The second-order valence-electron chi connectivity index (χ2n) is 5.94. The topological polar surface area (TPSA) is 117 Å². The van der Waals surface area contributed by atoms with Gasteiger partial charge in [-0.05, 0) is 12.5 Å². The van der Waals surface area contributed by atoms with Crippen LogP contribution in [0, 0.1) is 0 Å². The van der Waals surface area contributed by atoms with E-state index in [0.717, 1.165) is 5.56 Å². The summed E-state index contributed by atoms with van der Waals surface area (Å²) in [6.07, 6.45) is 0.663. The zero-order valence-electron chi connectivity index (χ0n) is 15.2. The molecule has 144 valence electrons. The molecule has 1 fully saturated rings. The largest absolute Gasteiger partial charge is 0.483 e. The van der Waals surface area contributed by atoms with Gasteiger partial charge < -0.3 is 19.4 Å². The average molecular weight is 374 g/mol. The van der Waals surface area contributed by atoms with Crippen molar-refractivity contribution in [3.05, 3.63) is 47.6 Å². The number of rotatable bonds is 5. The SMILES string of the molecule is CCc1noc(CN2C(=O)CN(Cc3ccccc3)C(=O)[C@@H]2C)n1.O=CO. The Kier molecular flexibility index (Phi) is 7.04. The van der Waals surface area contributed by atoms with Gasteiger partial charge in [0.25, 0.3) is 6.47 Å². The van der Waals surface area contributed by atoms with Crippen LogP contribution in [0.3, 0.4) is 0 Å². The van der Waals surface area contributed by atoms with Crippen molar-refractivity contribution < 1.29 is 24.0 Å². The van der Waals surface area contributed by atoms with Crippen molar-refractivity contribution in [2.24, 2.45) is 0 Å². The highest BCUT2D eigenvalue weighted by atomic mass is 16.5. The molecule has 1 aromatic carbocycles. The highest BCUT2D eigenvalue weighted by Gasteiger charge is 2.37. The van der Waals surface area contributed by atoms with Crippen LogP contribution in [-0.4, -0.2) is 55.9 Å². The summed E-state index contributed by atoms with van der Waals surface area (Å²) in [6, 6.07) is 9.10. The van der Waals surface area contributed by atoms with Crippen LogP contribution in [0.4, 0.5) is 0 Å². The fourth-order valence-electron chi connectivity index (χ4n) is 2.75. The Balaban J connectivity index is 0.000000817. The zero-order valence-corrected chi connectivity index (χ0v) is 15.2. The van der Waals surface area contributed by atoms with Gasteiger partial charge in [0.1, 0.15) is 19.1 Å². The molecule has 1 aliphatic heterocycles. The average Bonchev–Trinajstić information content (AvgIpc) is 3.12. The Labute approximate surface area is 156 Å². The molecule has 3 rings (SSSR count). The lowest BCUT2D eigenvalue weighted by Gasteiger charge is -2.38. The minimum atomic E-state index is -0.549.